The highest BCUT2D eigenvalue weighted by Gasteiger charge is 2.32. The number of amides is 1. The van der Waals surface area contributed by atoms with Gasteiger partial charge in [0, 0.05) is 69.6 Å². The fourth-order valence-electron chi connectivity index (χ4n) is 4.72. The van der Waals surface area contributed by atoms with E-state index in [4.69, 9.17) is 0 Å². The summed E-state index contributed by atoms with van der Waals surface area (Å²) in [5, 5.41) is 18.2. The predicted molar refractivity (Wildman–Crippen MR) is 120 cm³/mol. The van der Waals surface area contributed by atoms with Crippen LogP contribution in [0.4, 0.5) is 0 Å². The molecule has 4 heterocycles. The van der Waals surface area contributed by atoms with Crippen molar-refractivity contribution in [3.8, 4) is 0 Å². The summed E-state index contributed by atoms with van der Waals surface area (Å²) in [5.41, 5.74) is 1.73. The summed E-state index contributed by atoms with van der Waals surface area (Å²) in [7, 11) is 0. The Morgan fingerprint density at radius 3 is 2.73 bits per heavy atom. The average Bonchev–Trinajstić information content (AvgIpc) is 3.43. The lowest BCUT2D eigenvalue weighted by molar-refractivity contribution is 0.0697. The van der Waals surface area contributed by atoms with Gasteiger partial charge < -0.3 is 14.6 Å². The summed E-state index contributed by atoms with van der Waals surface area (Å²) in [6, 6.07) is 10.3. The van der Waals surface area contributed by atoms with Gasteiger partial charge in [-0.3, -0.25) is 14.7 Å². The van der Waals surface area contributed by atoms with E-state index in [1.165, 1.54) is 17.7 Å². The maximum atomic E-state index is 13.0. The lowest BCUT2D eigenvalue weighted by atomic mass is 10.1. The quantitative estimate of drug-likeness (QED) is 0.640. The van der Waals surface area contributed by atoms with Gasteiger partial charge in [-0.2, -0.15) is 0 Å². The second-order valence-electron chi connectivity index (χ2n) is 8.64. The number of carbonyl (C=O) groups excluding carboxylic acids is 1. The van der Waals surface area contributed by atoms with Crippen LogP contribution in [-0.2, 0) is 19.5 Å². The number of likely N-dealkylation sites (tertiary alicyclic amines) is 1. The molecule has 170 valence electrons. The fourth-order valence-corrected chi connectivity index (χ4v) is 4.72. The highest BCUT2D eigenvalue weighted by atomic mass is 16.4. The Balaban J connectivity index is 1.25. The summed E-state index contributed by atoms with van der Waals surface area (Å²) >= 11 is 0. The number of carboxylic acids is 1. The Kier molecular flexibility index (Phi) is 5.87. The van der Waals surface area contributed by atoms with Crippen molar-refractivity contribution < 1.29 is 14.7 Å². The monoisotopic (exact) mass is 446 g/mol. The minimum atomic E-state index is -1.03. The zero-order chi connectivity index (χ0) is 22.8. The first-order chi connectivity index (χ1) is 16.1. The first kappa shape index (κ1) is 21.3. The van der Waals surface area contributed by atoms with Crippen LogP contribution in [0, 0.1) is 0 Å². The molecule has 2 aliphatic heterocycles. The molecule has 2 aliphatic rings. The van der Waals surface area contributed by atoms with Gasteiger partial charge in [0.1, 0.15) is 11.6 Å². The Bertz CT molecular complexity index is 1160. The number of hydrogen-bond acceptors (Lipinski definition) is 6. The molecule has 9 nitrogen and oxygen atoms in total. The highest BCUT2D eigenvalue weighted by molar-refractivity contribution is 5.97. The molecule has 5 rings (SSSR count). The van der Waals surface area contributed by atoms with Crippen molar-refractivity contribution in [2.45, 2.75) is 31.8 Å². The molecule has 1 N–H and O–H groups in total. The second kappa shape index (κ2) is 9.11. The van der Waals surface area contributed by atoms with E-state index in [1.807, 2.05) is 12.3 Å². The van der Waals surface area contributed by atoms with Gasteiger partial charge in [-0.25, -0.2) is 4.79 Å². The van der Waals surface area contributed by atoms with Crippen molar-refractivity contribution in [2.75, 3.05) is 26.2 Å². The van der Waals surface area contributed by atoms with Gasteiger partial charge in [-0.1, -0.05) is 12.1 Å². The van der Waals surface area contributed by atoms with E-state index >= 15 is 0 Å². The minimum absolute atomic E-state index is 0.121. The maximum absolute atomic E-state index is 13.0. The molecular formula is C24H26N6O3. The minimum Gasteiger partial charge on any atom is -0.478 e. The van der Waals surface area contributed by atoms with Gasteiger partial charge in [0.2, 0.25) is 0 Å². The van der Waals surface area contributed by atoms with Crippen LogP contribution in [0.3, 0.4) is 0 Å². The fraction of sp³-hybridized carbons (Fsp3) is 0.375. The number of pyridine rings is 1. The number of rotatable bonds is 5. The van der Waals surface area contributed by atoms with Crippen LogP contribution in [0.1, 0.15) is 50.3 Å². The van der Waals surface area contributed by atoms with Crippen molar-refractivity contribution in [2.24, 2.45) is 0 Å². The number of fused-ring (bicyclic) bond motifs is 1. The molecule has 9 heteroatoms. The number of hydrogen-bond donors (Lipinski definition) is 1. The molecule has 1 saturated heterocycles. The van der Waals surface area contributed by atoms with E-state index in [9.17, 15) is 14.7 Å². The van der Waals surface area contributed by atoms with E-state index < -0.39 is 5.97 Å². The van der Waals surface area contributed by atoms with E-state index in [-0.39, 0.29) is 17.4 Å². The van der Waals surface area contributed by atoms with Crippen LogP contribution in [0.15, 0.2) is 48.8 Å². The van der Waals surface area contributed by atoms with Crippen LogP contribution in [0.5, 0.6) is 0 Å². The first-order valence-corrected chi connectivity index (χ1v) is 11.2. The summed E-state index contributed by atoms with van der Waals surface area (Å²) in [4.78, 5) is 32.6. The third kappa shape index (κ3) is 4.49. The summed E-state index contributed by atoms with van der Waals surface area (Å²) in [6.45, 7) is 4.70. The number of aromatic nitrogens is 4. The van der Waals surface area contributed by atoms with E-state index in [0.29, 0.717) is 18.7 Å². The maximum Gasteiger partial charge on any atom is 0.335 e. The molecule has 1 amide bonds. The van der Waals surface area contributed by atoms with Gasteiger partial charge in [-0.05, 0) is 36.2 Å². The van der Waals surface area contributed by atoms with Crippen LogP contribution in [0.25, 0.3) is 0 Å². The zero-order valence-electron chi connectivity index (χ0n) is 18.3. The number of carbonyl (C=O) groups is 2. The van der Waals surface area contributed by atoms with Gasteiger partial charge in [-0.15, -0.1) is 10.2 Å². The van der Waals surface area contributed by atoms with Gasteiger partial charge in [0.25, 0.3) is 5.91 Å². The predicted octanol–water partition coefficient (Wildman–Crippen LogP) is 2.06. The molecule has 0 saturated carbocycles. The largest absolute Gasteiger partial charge is 0.478 e. The van der Waals surface area contributed by atoms with Gasteiger partial charge >= 0.3 is 5.97 Å². The van der Waals surface area contributed by atoms with Crippen LogP contribution in [0.2, 0.25) is 0 Å². The molecule has 0 aliphatic carbocycles. The Labute approximate surface area is 191 Å². The lowest BCUT2D eigenvalue weighted by Crippen LogP contribution is -2.29. The third-order valence-corrected chi connectivity index (χ3v) is 6.47. The van der Waals surface area contributed by atoms with E-state index in [0.717, 1.165) is 50.7 Å². The summed E-state index contributed by atoms with van der Waals surface area (Å²) in [5.74, 6) is 0.898. The standard InChI is InChI=1S/C24H26N6O3/c31-23(18-4-1-5-19(13-18)24(32)33)29-10-6-20(16-29)22-27-26-21-7-9-28(11-12-30(21)22)15-17-3-2-8-25-14-17/h1-5,8,13-14,20H,6-7,9-12,15-16H2,(H,32,33). The molecule has 0 bridgehead atoms. The average molecular weight is 447 g/mol. The molecule has 1 fully saturated rings. The summed E-state index contributed by atoms with van der Waals surface area (Å²) in [6.07, 6.45) is 5.36. The SMILES string of the molecule is O=C(O)c1cccc(C(=O)N2CCC(c3nnc4n3CCN(Cc3cccnc3)CC4)C2)c1. The Morgan fingerprint density at radius 1 is 1.03 bits per heavy atom. The van der Waals surface area contributed by atoms with Crippen molar-refractivity contribution in [1.29, 1.82) is 0 Å². The first-order valence-electron chi connectivity index (χ1n) is 11.2. The number of carboxylic acid groups (broad SMARTS) is 1. The van der Waals surface area contributed by atoms with E-state index in [1.54, 1.807) is 23.2 Å². The molecule has 0 radical (unpaired) electrons. The van der Waals surface area contributed by atoms with Crippen LogP contribution >= 0.6 is 0 Å². The highest BCUT2D eigenvalue weighted by Crippen LogP contribution is 2.28. The molecule has 1 unspecified atom stereocenters. The number of benzene rings is 1. The Hall–Kier alpha value is -3.59. The molecule has 0 spiro atoms. The third-order valence-electron chi connectivity index (χ3n) is 6.47. The van der Waals surface area contributed by atoms with Crippen molar-refractivity contribution in [3.63, 3.8) is 0 Å². The normalized spacial score (nSPS) is 18.7. The van der Waals surface area contributed by atoms with Crippen molar-refractivity contribution >= 4 is 11.9 Å². The van der Waals surface area contributed by atoms with Crippen molar-refractivity contribution in [1.82, 2.24) is 29.5 Å². The number of nitrogens with zero attached hydrogens (tertiary/aromatic N) is 6. The molecule has 1 aromatic carbocycles. The number of aromatic carboxylic acids is 1. The van der Waals surface area contributed by atoms with Gasteiger partial charge in [0.05, 0.1) is 5.56 Å². The molecule has 2 aromatic heterocycles. The smallest absolute Gasteiger partial charge is 0.335 e. The van der Waals surface area contributed by atoms with Crippen molar-refractivity contribution in [3.05, 3.63) is 77.1 Å². The second-order valence-corrected chi connectivity index (χ2v) is 8.64. The van der Waals surface area contributed by atoms with Crippen LogP contribution in [-0.4, -0.2) is 72.7 Å². The van der Waals surface area contributed by atoms with Gasteiger partial charge in [0.15, 0.2) is 0 Å². The Morgan fingerprint density at radius 2 is 1.91 bits per heavy atom. The summed E-state index contributed by atoms with van der Waals surface area (Å²) < 4.78 is 2.23. The molecule has 3 aromatic rings. The zero-order valence-corrected chi connectivity index (χ0v) is 18.3. The van der Waals surface area contributed by atoms with Crippen LogP contribution < -0.4 is 0 Å². The van der Waals surface area contributed by atoms with E-state index in [2.05, 4.69) is 30.7 Å². The molecule has 33 heavy (non-hydrogen) atoms. The lowest BCUT2D eigenvalue weighted by Gasteiger charge is -2.20. The molecule has 1 atom stereocenters. The molecular weight excluding hydrogens is 420 g/mol. The topological polar surface area (TPSA) is 104 Å².